The van der Waals surface area contributed by atoms with Crippen LogP contribution in [0.25, 0.3) is 5.57 Å². The van der Waals surface area contributed by atoms with Crippen LogP contribution in [0.4, 0.5) is 0 Å². The van der Waals surface area contributed by atoms with Gasteiger partial charge in [-0.1, -0.05) is 0 Å². The lowest BCUT2D eigenvalue weighted by molar-refractivity contribution is -0.136. The monoisotopic (exact) mass is 237 g/mol. The van der Waals surface area contributed by atoms with Gasteiger partial charge in [0.25, 0.3) is 0 Å². The predicted molar refractivity (Wildman–Crippen MR) is 62.2 cm³/mol. The van der Waals surface area contributed by atoms with E-state index in [-0.39, 0.29) is 5.57 Å². The van der Waals surface area contributed by atoms with Crippen LogP contribution in [0.5, 0.6) is 0 Å². The third-order valence-corrected chi connectivity index (χ3v) is 2.52. The molecule has 17 heavy (non-hydrogen) atoms. The standard InChI is InChI=1S/C12H15NO4/c1-8-5-6-10(13(8)2)9(12(15)17-4)7-11(14)16-3/h5-7H,1-4H3/b9-7-. The molecule has 0 aliphatic carbocycles. The van der Waals surface area contributed by atoms with E-state index in [1.54, 1.807) is 17.7 Å². The average Bonchev–Trinajstić information content (AvgIpc) is 2.66. The first-order valence-corrected chi connectivity index (χ1v) is 5.02. The second-order valence-electron chi connectivity index (χ2n) is 3.49. The summed E-state index contributed by atoms with van der Waals surface area (Å²) in [5.41, 5.74) is 1.76. The predicted octanol–water partition coefficient (Wildman–Crippen LogP) is 1.06. The number of nitrogens with zero attached hydrogens (tertiary/aromatic N) is 1. The van der Waals surface area contributed by atoms with E-state index in [0.717, 1.165) is 11.8 Å². The number of methoxy groups -OCH3 is 2. The molecule has 0 aliphatic rings. The van der Waals surface area contributed by atoms with Crippen LogP contribution < -0.4 is 0 Å². The van der Waals surface area contributed by atoms with E-state index in [4.69, 9.17) is 0 Å². The molecule has 0 bridgehead atoms. The number of hydrogen-bond acceptors (Lipinski definition) is 4. The van der Waals surface area contributed by atoms with Gasteiger partial charge in [0.15, 0.2) is 0 Å². The quantitative estimate of drug-likeness (QED) is 0.582. The van der Waals surface area contributed by atoms with Crippen molar-refractivity contribution in [1.82, 2.24) is 4.57 Å². The summed E-state index contributed by atoms with van der Waals surface area (Å²) >= 11 is 0. The zero-order valence-electron chi connectivity index (χ0n) is 10.3. The summed E-state index contributed by atoms with van der Waals surface area (Å²) in [6.45, 7) is 1.90. The number of esters is 2. The van der Waals surface area contributed by atoms with Gasteiger partial charge in [-0.25, -0.2) is 9.59 Å². The van der Waals surface area contributed by atoms with Gasteiger partial charge in [0, 0.05) is 18.8 Å². The highest BCUT2D eigenvalue weighted by atomic mass is 16.5. The maximum absolute atomic E-state index is 11.6. The largest absolute Gasteiger partial charge is 0.466 e. The minimum atomic E-state index is -0.593. The number of carbonyl (C=O) groups is 2. The van der Waals surface area contributed by atoms with Crippen LogP contribution in [0, 0.1) is 6.92 Å². The zero-order valence-corrected chi connectivity index (χ0v) is 10.3. The molecule has 5 nitrogen and oxygen atoms in total. The van der Waals surface area contributed by atoms with Gasteiger partial charge in [-0.15, -0.1) is 0 Å². The summed E-state index contributed by atoms with van der Waals surface area (Å²) in [6.07, 6.45) is 1.13. The smallest absolute Gasteiger partial charge is 0.340 e. The summed E-state index contributed by atoms with van der Waals surface area (Å²) in [7, 11) is 4.33. The Balaban J connectivity index is 3.25. The number of aromatic nitrogens is 1. The molecule has 0 fully saturated rings. The van der Waals surface area contributed by atoms with Crippen molar-refractivity contribution in [1.29, 1.82) is 0 Å². The highest BCUT2D eigenvalue weighted by molar-refractivity contribution is 6.20. The Kier molecular flexibility index (Phi) is 4.09. The highest BCUT2D eigenvalue weighted by Gasteiger charge is 2.17. The van der Waals surface area contributed by atoms with Crippen LogP contribution in [0.15, 0.2) is 18.2 Å². The first-order chi connectivity index (χ1) is 8.01. The SMILES string of the molecule is COC(=O)/C=C(\C(=O)OC)c1ccc(C)n1C. The van der Waals surface area contributed by atoms with Crippen LogP contribution >= 0.6 is 0 Å². The Hall–Kier alpha value is -2.04. The van der Waals surface area contributed by atoms with Gasteiger partial charge in [-0.2, -0.15) is 0 Å². The molecule has 5 heteroatoms. The molecule has 0 radical (unpaired) electrons. The van der Waals surface area contributed by atoms with E-state index in [1.165, 1.54) is 14.2 Å². The Morgan fingerprint density at radius 3 is 2.29 bits per heavy atom. The number of rotatable bonds is 3. The number of hydrogen-bond donors (Lipinski definition) is 0. The van der Waals surface area contributed by atoms with Crippen molar-refractivity contribution in [2.75, 3.05) is 14.2 Å². The normalized spacial score (nSPS) is 11.2. The van der Waals surface area contributed by atoms with Crippen molar-refractivity contribution in [2.24, 2.45) is 7.05 Å². The second kappa shape index (κ2) is 5.34. The second-order valence-corrected chi connectivity index (χ2v) is 3.49. The summed E-state index contributed by atoms with van der Waals surface area (Å²) < 4.78 is 11.0. The summed E-state index contributed by atoms with van der Waals surface area (Å²) in [5, 5.41) is 0. The summed E-state index contributed by atoms with van der Waals surface area (Å²) in [5.74, 6) is -1.17. The Bertz CT molecular complexity index is 471. The van der Waals surface area contributed by atoms with Crippen molar-refractivity contribution >= 4 is 17.5 Å². The third kappa shape index (κ3) is 2.75. The molecule has 0 saturated heterocycles. The molecule has 1 aromatic heterocycles. The van der Waals surface area contributed by atoms with Gasteiger partial charge in [0.05, 0.1) is 25.5 Å². The lowest BCUT2D eigenvalue weighted by atomic mass is 10.2. The van der Waals surface area contributed by atoms with Crippen LogP contribution in [-0.2, 0) is 26.1 Å². The van der Waals surface area contributed by atoms with E-state index >= 15 is 0 Å². The van der Waals surface area contributed by atoms with Gasteiger partial charge in [0.2, 0.25) is 0 Å². The Labute approximate surface area is 99.6 Å². The minimum Gasteiger partial charge on any atom is -0.466 e. The van der Waals surface area contributed by atoms with Crippen LogP contribution in [0.1, 0.15) is 11.4 Å². The van der Waals surface area contributed by atoms with Crippen molar-refractivity contribution < 1.29 is 19.1 Å². The van der Waals surface area contributed by atoms with E-state index in [2.05, 4.69) is 9.47 Å². The van der Waals surface area contributed by atoms with Crippen molar-refractivity contribution in [3.63, 3.8) is 0 Å². The molecule has 0 atom stereocenters. The maximum atomic E-state index is 11.6. The molecule has 0 N–H and O–H groups in total. The molecular weight excluding hydrogens is 222 g/mol. The van der Waals surface area contributed by atoms with E-state index in [1.807, 2.05) is 13.0 Å². The van der Waals surface area contributed by atoms with Crippen molar-refractivity contribution in [3.8, 4) is 0 Å². The minimum absolute atomic E-state index is 0.176. The molecule has 0 unspecified atom stereocenters. The van der Waals surface area contributed by atoms with Gasteiger partial charge in [-0.05, 0) is 19.1 Å². The van der Waals surface area contributed by atoms with Crippen LogP contribution in [0.3, 0.4) is 0 Å². The first-order valence-electron chi connectivity index (χ1n) is 5.02. The van der Waals surface area contributed by atoms with Gasteiger partial charge in [-0.3, -0.25) is 0 Å². The molecule has 1 rings (SSSR count). The van der Waals surface area contributed by atoms with E-state index in [9.17, 15) is 9.59 Å². The fourth-order valence-corrected chi connectivity index (χ4v) is 1.41. The maximum Gasteiger partial charge on any atom is 0.340 e. The van der Waals surface area contributed by atoms with Crippen molar-refractivity contribution in [2.45, 2.75) is 6.92 Å². The molecule has 1 aromatic rings. The number of carbonyl (C=O) groups excluding carboxylic acids is 2. The van der Waals surface area contributed by atoms with E-state index in [0.29, 0.717) is 5.69 Å². The number of aryl methyl sites for hydroxylation is 1. The van der Waals surface area contributed by atoms with Gasteiger partial charge < -0.3 is 14.0 Å². The lowest BCUT2D eigenvalue weighted by Crippen LogP contribution is -2.10. The average molecular weight is 237 g/mol. The first kappa shape index (κ1) is 13.0. The van der Waals surface area contributed by atoms with Crippen LogP contribution in [-0.4, -0.2) is 30.7 Å². The zero-order chi connectivity index (χ0) is 13.0. The summed E-state index contributed by atoms with van der Waals surface area (Å²) in [4.78, 5) is 22.8. The fourth-order valence-electron chi connectivity index (χ4n) is 1.41. The molecule has 0 spiro atoms. The number of ether oxygens (including phenoxy) is 2. The highest BCUT2D eigenvalue weighted by Crippen LogP contribution is 2.18. The molecule has 0 aliphatic heterocycles. The lowest BCUT2D eigenvalue weighted by Gasteiger charge is -2.07. The van der Waals surface area contributed by atoms with E-state index < -0.39 is 11.9 Å². The summed E-state index contributed by atoms with van der Waals surface area (Å²) in [6, 6.07) is 3.60. The molecular formula is C12H15NO4. The van der Waals surface area contributed by atoms with Crippen molar-refractivity contribution in [3.05, 3.63) is 29.6 Å². The molecule has 0 saturated carbocycles. The van der Waals surface area contributed by atoms with Gasteiger partial charge >= 0.3 is 11.9 Å². The molecule has 92 valence electrons. The Morgan fingerprint density at radius 2 is 1.88 bits per heavy atom. The van der Waals surface area contributed by atoms with Crippen LogP contribution in [0.2, 0.25) is 0 Å². The third-order valence-electron chi connectivity index (χ3n) is 2.52. The molecule has 0 aromatic carbocycles. The Morgan fingerprint density at radius 1 is 1.24 bits per heavy atom. The van der Waals surface area contributed by atoms with Gasteiger partial charge in [0.1, 0.15) is 0 Å². The molecule has 0 amide bonds. The topological polar surface area (TPSA) is 57.5 Å². The fraction of sp³-hybridized carbons (Fsp3) is 0.333. The molecule has 1 heterocycles.